The second-order valence-corrected chi connectivity index (χ2v) is 6.14. The Morgan fingerprint density at radius 1 is 1.25 bits per heavy atom. The molecule has 0 fully saturated rings. The molecule has 3 heteroatoms. The second-order valence-electron chi connectivity index (χ2n) is 6.14. The number of hydrogen-bond donors (Lipinski definition) is 2. The molecule has 2 N–H and O–H groups in total. The first-order valence-corrected chi connectivity index (χ1v) is 7.50. The summed E-state index contributed by atoms with van der Waals surface area (Å²) < 4.78 is 2.23. The standard InChI is InChI=1S/C17H26N2O/c1-4-9-18-13-14-5-6-15-7-10-19(16(15)12-14)11-8-17(2,3)20/h5-7,10,12,18,20H,4,8-9,11,13H2,1-3H3. The number of nitrogens with zero attached hydrogens (tertiary/aromatic N) is 1. The molecule has 0 amide bonds. The van der Waals surface area contributed by atoms with E-state index in [0.29, 0.717) is 0 Å². The lowest BCUT2D eigenvalue weighted by atomic mass is 10.1. The molecule has 0 atom stereocenters. The van der Waals surface area contributed by atoms with Crippen molar-refractivity contribution in [2.45, 2.75) is 52.3 Å². The highest BCUT2D eigenvalue weighted by Crippen LogP contribution is 2.20. The zero-order valence-corrected chi connectivity index (χ0v) is 12.8. The number of aromatic nitrogens is 1. The summed E-state index contributed by atoms with van der Waals surface area (Å²) >= 11 is 0. The van der Waals surface area contributed by atoms with Crippen molar-refractivity contribution in [3.63, 3.8) is 0 Å². The van der Waals surface area contributed by atoms with E-state index in [1.165, 1.54) is 16.5 Å². The molecule has 0 radical (unpaired) electrons. The molecule has 0 aliphatic carbocycles. The molecule has 20 heavy (non-hydrogen) atoms. The minimum absolute atomic E-state index is 0.614. The van der Waals surface area contributed by atoms with E-state index in [1.54, 1.807) is 0 Å². The van der Waals surface area contributed by atoms with Gasteiger partial charge in [0.05, 0.1) is 5.60 Å². The molecule has 3 nitrogen and oxygen atoms in total. The van der Waals surface area contributed by atoms with Crippen molar-refractivity contribution in [1.29, 1.82) is 0 Å². The quantitative estimate of drug-likeness (QED) is 0.760. The third-order valence-corrected chi connectivity index (χ3v) is 3.56. The molecule has 2 rings (SSSR count). The fraction of sp³-hybridized carbons (Fsp3) is 0.529. The van der Waals surface area contributed by atoms with Gasteiger partial charge in [0.1, 0.15) is 0 Å². The number of nitrogens with one attached hydrogen (secondary N) is 1. The fourth-order valence-corrected chi connectivity index (χ4v) is 2.34. The Kier molecular flexibility index (Phi) is 4.84. The van der Waals surface area contributed by atoms with E-state index in [4.69, 9.17) is 0 Å². The molecular formula is C17H26N2O. The number of fused-ring (bicyclic) bond motifs is 1. The summed E-state index contributed by atoms with van der Waals surface area (Å²) in [6, 6.07) is 8.76. The van der Waals surface area contributed by atoms with Crippen molar-refractivity contribution < 1.29 is 5.11 Å². The van der Waals surface area contributed by atoms with Crippen LogP contribution in [-0.4, -0.2) is 21.8 Å². The Labute approximate surface area is 121 Å². The minimum atomic E-state index is -0.614. The SMILES string of the molecule is CCCNCc1ccc2ccn(CCC(C)(C)O)c2c1. The van der Waals surface area contributed by atoms with E-state index >= 15 is 0 Å². The molecule has 1 aromatic carbocycles. The smallest absolute Gasteiger partial charge is 0.0608 e. The second kappa shape index (κ2) is 6.42. The third-order valence-electron chi connectivity index (χ3n) is 3.56. The van der Waals surface area contributed by atoms with Crippen LogP contribution in [0.15, 0.2) is 30.5 Å². The van der Waals surface area contributed by atoms with E-state index in [0.717, 1.165) is 32.5 Å². The number of hydrogen-bond acceptors (Lipinski definition) is 2. The summed E-state index contributed by atoms with van der Waals surface area (Å²) in [6.07, 6.45) is 4.03. The number of benzene rings is 1. The van der Waals surface area contributed by atoms with E-state index in [2.05, 4.69) is 47.3 Å². The summed E-state index contributed by atoms with van der Waals surface area (Å²) in [5.41, 5.74) is 1.95. The Bertz CT molecular complexity index is 552. The Morgan fingerprint density at radius 3 is 2.75 bits per heavy atom. The first-order chi connectivity index (χ1) is 9.49. The van der Waals surface area contributed by atoms with Crippen LogP contribution in [-0.2, 0) is 13.1 Å². The van der Waals surface area contributed by atoms with Gasteiger partial charge >= 0.3 is 0 Å². The number of aliphatic hydroxyl groups is 1. The molecule has 0 aliphatic rings. The summed E-state index contributed by atoms with van der Waals surface area (Å²) in [5, 5.41) is 14.6. The van der Waals surface area contributed by atoms with Gasteiger partial charge in [-0.2, -0.15) is 0 Å². The van der Waals surface area contributed by atoms with Gasteiger partial charge in [0.15, 0.2) is 0 Å². The van der Waals surface area contributed by atoms with Crippen molar-refractivity contribution in [3.05, 3.63) is 36.0 Å². The lowest BCUT2D eigenvalue weighted by Crippen LogP contribution is -2.20. The number of rotatable bonds is 7. The van der Waals surface area contributed by atoms with Gasteiger partial charge in [-0.15, -0.1) is 0 Å². The van der Waals surface area contributed by atoms with Gasteiger partial charge in [0, 0.05) is 24.8 Å². The first kappa shape index (κ1) is 15.1. The predicted octanol–water partition coefficient (Wildman–Crippen LogP) is 3.30. The summed E-state index contributed by atoms with van der Waals surface area (Å²) in [6.45, 7) is 8.71. The van der Waals surface area contributed by atoms with Crippen LogP contribution >= 0.6 is 0 Å². The van der Waals surface area contributed by atoms with Crippen LogP contribution in [0.3, 0.4) is 0 Å². The molecule has 0 saturated heterocycles. The van der Waals surface area contributed by atoms with Crippen molar-refractivity contribution in [3.8, 4) is 0 Å². The van der Waals surface area contributed by atoms with Crippen molar-refractivity contribution >= 4 is 10.9 Å². The van der Waals surface area contributed by atoms with E-state index in [9.17, 15) is 5.11 Å². The normalized spacial score (nSPS) is 12.2. The molecule has 110 valence electrons. The lowest BCUT2D eigenvalue weighted by Gasteiger charge is -2.17. The van der Waals surface area contributed by atoms with Crippen LogP contribution in [0.4, 0.5) is 0 Å². The van der Waals surface area contributed by atoms with Gasteiger partial charge in [-0.25, -0.2) is 0 Å². The van der Waals surface area contributed by atoms with Crippen molar-refractivity contribution in [2.75, 3.05) is 6.54 Å². The molecule has 2 aromatic rings. The highest BCUT2D eigenvalue weighted by Gasteiger charge is 2.12. The first-order valence-electron chi connectivity index (χ1n) is 7.50. The summed E-state index contributed by atoms with van der Waals surface area (Å²) in [4.78, 5) is 0. The highest BCUT2D eigenvalue weighted by atomic mass is 16.3. The maximum atomic E-state index is 9.86. The minimum Gasteiger partial charge on any atom is -0.390 e. The lowest BCUT2D eigenvalue weighted by molar-refractivity contribution is 0.0666. The van der Waals surface area contributed by atoms with Crippen LogP contribution < -0.4 is 5.32 Å². The van der Waals surface area contributed by atoms with Gasteiger partial charge in [-0.1, -0.05) is 19.1 Å². The van der Waals surface area contributed by atoms with Gasteiger partial charge in [-0.05, 0) is 56.3 Å². The van der Waals surface area contributed by atoms with E-state index in [-0.39, 0.29) is 0 Å². The van der Waals surface area contributed by atoms with Gasteiger partial charge in [-0.3, -0.25) is 0 Å². The highest BCUT2D eigenvalue weighted by molar-refractivity contribution is 5.80. The predicted molar refractivity (Wildman–Crippen MR) is 84.9 cm³/mol. The van der Waals surface area contributed by atoms with Crippen LogP contribution in [0.25, 0.3) is 10.9 Å². The molecule has 0 spiro atoms. The average Bonchev–Trinajstić information content (AvgIpc) is 2.78. The van der Waals surface area contributed by atoms with Gasteiger partial charge in [0.25, 0.3) is 0 Å². The molecule has 0 aliphatic heterocycles. The fourth-order valence-electron chi connectivity index (χ4n) is 2.34. The van der Waals surface area contributed by atoms with Crippen molar-refractivity contribution in [2.24, 2.45) is 0 Å². The zero-order chi connectivity index (χ0) is 14.6. The Morgan fingerprint density at radius 2 is 2.05 bits per heavy atom. The average molecular weight is 274 g/mol. The topological polar surface area (TPSA) is 37.2 Å². The summed E-state index contributed by atoms with van der Waals surface area (Å²) in [5.74, 6) is 0. The van der Waals surface area contributed by atoms with E-state index < -0.39 is 5.60 Å². The molecular weight excluding hydrogens is 248 g/mol. The maximum Gasteiger partial charge on any atom is 0.0608 e. The van der Waals surface area contributed by atoms with Crippen LogP contribution in [0.5, 0.6) is 0 Å². The molecule has 1 heterocycles. The largest absolute Gasteiger partial charge is 0.390 e. The van der Waals surface area contributed by atoms with E-state index in [1.807, 2.05) is 13.8 Å². The van der Waals surface area contributed by atoms with Gasteiger partial charge in [0.2, 0.25) is 0 Å². The van der Waals surface area contributed by atoms with Crippen molar-refractivity contribution in [1.82, 2.24) is 9.88 Å². The van der Waals surface area contributed by atoms with Crippen LogP contribution in [0.1, 0.15) is 39.2 Å². The maximum absolute atomic E-state index is 9.86. The Balaban J connectivity index is 2.13. The number of aryl methyl sites for hydroxylation is 1. The molecule has 0 saturated carbocycles. The molecule has 0 bridgehead atoms. The summed E-state index contributed by atoms with van der Waals surface area (Å²) in [7, 11) is 0. The molecule has 1 aromatic heterocycles. The van der Waals surface area contributed by atoms with Crippen LogP contribution in [0.2, 0.25) is 0 Å². The molecule has 0 unspecified atom stereocenters. The Hall–Kier alpha value is -1.32. The zero-order valence-electron chi connectivity index (χ0n) is 12.8. The van der Waals surface area contributed by atoms with Gasteiger partial charge < -0.3 is 15.0 Å². The monoisotopic (exact) mass is 274 g/mol. The van der Waals surface area contributed by atoms with Crippen LogP contribution in [0, 0.1) is 0 Å². The third kappa shape index (κ3) is 4.09.